The van der Waals surface area contributed by atoms with Gasteiger partial charge in [-0.2, -0.15) is 12.6 Å². The van der Waals surface area contributed by atoms with Crippen molar-refractivity contribution in [2.75, 3.05) is 5.75 Å². The summed E-state index contributed by atoms with van der Waals surface area (Å²) in [6, 6.07) is -0.673. The number of carboxylic acids is 1. The quantitative estimate of drug-likeness (QED) is 0.608. The molecule has 0 fully saturated rings. The van der Waals surface area contributed by atoms with Gasteiger partial charge in [-0.05, 0) is 12.4 Å². The molecule has 0 amide bonds. The predicted octanol–water partition coefficient (Wildman–Crippen LogP) is 0.958. The number of carbonyl (C=O) groups is 1. The first-order chi connectivity index (χ1) is 5.17. The van der Waals surface area contributed by atoms with Crippen LogP contribution in [0.1, 0.15) is 0 Å². The number of aliphatic carboxylic acids is 1. The molecule has 3 nitrogen and oxygen atoms in total. The second-order valence-electron chi connectivity index (χ2n) is 1.85. The summed E-state index contributed by atoms with van der Waals surface area (Å²) >= 11 is 3.88. The summed E-state index contributed by atoms with van der Waals surface area (Å²) in [6.07, 6.45) is 2.81. The molecule has 0 unspecified atom stereocenters. The summed E-state index contributed by atoms with van der Waals surface area (Å²) in [5, 5.41) is 8.62. The molecular formula is C7H11NO2S. The minimum atomic E-state index is -0.931. The van der Waals surface area contributed by atoms with Crippen molar-refractivity contribution in [2.45, 2.75) is 6.04 Å². The van der Waals surface area contributed by atoms with E-state index in [4.69, 9.17) is 5.11 Å². The van der Waals surface area contributed by atoms with E-state index in [0.717, 1.165) is 0 Å². The zero-order chi connectivity index (χ0) is 8.85. The third-order valence-electron chi connectivity index (χ3n) is 1.24. The molecule has 1 N–H and O–H groups in total. The average molecular weight is 173 g/mol. The average Bonchev–Trinajstić information content (AvgIpc) is 1.99. The van der Waals surface area contributed by atoms with Gasteiger partial charge in [-0.3, -0.25) is 0 Å². The van der Waals surface area contributed by atoms with Crippen molar-refractivity contribution in [2.24, 2.45) is 0 Å². The normalized spacial score (nSPS) is 11.7. The van der Waals surface area contributed by atoms with E-state index >= 15 is 0 Å². The number of hydrogen-bond acceptors (Lipinski definition) is 3. The summed E-state index contributed by atoms with van der Waals surface area (Å²) in [5.74, 6) is -0.701. The fraction of sp³-hybridized carbons (Fsp3) is 0.286. The zero-order valence-corrected chi connectivity index (χ0v) is 7.00. The molecule has 62 valence electrons. The Kier molecular flexibility index (Phi) is 4.45. The lowest BCUT2D eigenvalue weighted by atomic mass is 10.3. The van der Waals surface area contributed by atoms with Crippen LogP contribution in [0.25, 0.3) is 0 Å². The summed E-state index contributed by atoms with van der Waals surface area (Å²) in [6.45, 7) is 6.88. The Bertz CT molecular complexity index is 162. The Labute approximate surface area is 71.4 Å². The highest BCUT2D eigenvalue weighted by molar-refractivity contribution is 7.80. The van der Waals surface area contributed by atoms with E-state index in [-0.39, 0.29) is 5.75 Å². The van der Waals surface area contributed by atoms with Crippen molar-refractivity contribution in [1.82, 2.24) is 4.90 Å². The van der Waals surface area contributed by atoms with Gasteiger partial charge in [0.15, 0.2) is 0 Å². The van der Waals surface area contributed by atoms with Crippen LogP contribution < -0.4 is 0 Å². The molecular weight excluding hydrogens is 162 g/mol. The molecule has 0 radical (unpaired) electrons. The maximum absolute atomic E-state index is 10.5. The van der Waals surface area contributed by atoms with Crippen molar-refractivity contribution in [3.63, 3.8) is 0 Å². The number of rotatable bonds is 5. The molecule has 0 bridgehead atoms. The minimum Gasteiger partial charge on any atom is -0.480 e. The van der Waals surface area contributed by atoms with Crippen LogP contribution in [0.4, 0.5) is 0 Å². The molecule has 0 aromatic rings. The van der Waals surface area contributed by atoms with Crippen molar-refractivity contribution in [3.8, 4) is 0 Å². The summed E-state index contributed by atoms with van der Waals surface area (Å²) in [4.78, 5) is 11.9. The largest absolute Gasteiger partial charge is 0.480 e. The number of carboxylic acid groups (broad SMARTS) is 1. The molecule has 0 aliphatic carbocycles. The highest BCUT2D eigenvalue weighted by Gasteiger charge is 2.18. The number of nitrogens with zero attached hydrogens (tertiary/aromatic N) is 1. The molecule has 0 aliphatic rings. The standard InChI is InChI=1S/C7H11NO2S/c1-3-8(4-2)6(5-11)7(9)10/h3-4,6,11H,1-2,5H2,(H,9,10)/t6-/m0/s1. The van der Waals surface area contributed by atoms with Crippen molar-refractivity contribution in [3.05, 3.63) is 25.6 Å². The van der Waals surface area contributed by atoms with Crippen LogP contribution in [0.15, 0.2) is 25.6 Å². The van der Waals surface area contributed by atoms with E-state index in [1.807, 2.05) is 0 Å². The fourth-order valence-corrected chi connectivity index (χ4v) is 0.974. The second kappa shape index (κ2) is 4.85. The lowest BCUT2D eigenvalue weighted by Gasteiger charge is -2.20. The molecule has 4 heteroatoms. The van der Waals surface area contributed by atoms with Crippen LogP contribution in [-0.4, -0.2) is 27.8 Å². The van der Waals surface area contributed by atoms with Gasteiger partial charge in [0.25, 0.3) is 0 Å². The van der Waals surface area contributed by atoms with E-state index in [0.29, 0.717) is 0 Å². The Hall–Kier alpha value is -0.900. The number of hydrogen-bond donors (Lipinski definition) is 2. The van der Waals surface area contributed by atoms with Crippen LogP contribution in [0.3, 0.4) is 0 Å². The third-order valence-corrected chi connectivity index (χ3v) is 1.59. The predicted molar refractivity (Wildman–Crippen MR) is 47.5 cm³/mol. The Morgan fingerprint density at radius 1 is 1.64 bits per heavy atom. The van der Waals surface area contributed by atoms with E-state index in [1.165, 1.54) is 17.3 Å². The van der Waals surface area contributed by atoms with Gasteiger partial charge in [0.05, 0.1) is 0 Å². The maximum Gasteiger partial charge on any atom is 0.327 e. The molecule has 0 saturated heterocycles. The second-order valence-corrected chi connectivity index (χ2v) is 2.21. The lowest BCUT2D eigenvalue weighted by molar-refractivity contribution is -0.140. The van der Waals surface area contributed by atoms with Gasteiger partial charge in [-0.25, -0.2) is 4.79 Å². The first-order valence-corrected chi connectivity index (χ1v) is 3.66. The van der Waals surface area contributed by atoms with Crippen LogP contribution in [0, 0.1) is 0 Å². The molecule has 0 aromatic carbocycles. The summed E-state index contributed by atoms with van der Waals surface area (Å²) < 4.78 is 0. The van der Waals surface area contributed by atoms with E-state index in [9.17, 15) is 4.79 Å². The molecule has 0 rings (SSSR count). The Balaban J connectivity index is 4.32. The smallest absolute Gasteiger partial charge is 0.327 e. The first-order valence-electron chi connectivity index (χ1n) is 3.03. The van der Waals surface area contributed by atoms with Crippen molar-refractivity contribution in [1.29, 1.82) is 0 Å². The SMILES string of the molecule is C=CN(C=C)[C@@H](CS)C(=O)O. The Morgan fingerprint density at radius 2 is 2.09 bits per heavy atom. The number of thiol groups is 1. The van der Waals surface area contributed by atoms with Crippen molar-refractivity contribution < 1.29 is 9.90 Å². The van der Waals surface area contributed by atoms with Gasteiger partial charge in [-0.15, -0.1) is 0 Å². The monoisotopic (exact) mass is 173 g/mol. The van der Waals surface area contributed by atoms with Gasteiger partial charge in [0.2, 0.25) is 0 Å². The van der Waals surface area contributed by atoms with Crippen LogP contribution in [0.2, 0.25) is 0 Å². The van der Waals surface area contributed by atoms with Crippen LogP contribution in [0.5, 0.6) is 0 Å². The third kappa shape index (κ3) is 2.67. The van der Waals surface area contributed by atoms with Crippen LogP contribution in [-0.2, 0) is 4.79 Å². The van der Waals surface area contributed by atoms with Gasteiger partial charge in [-0.1, -0.05) is 13.2 Å². The first kappa shape index (κ1) is 10.1. The Morgan fingerprint density at radius 3 is 2.18 bits per heavy atom. The molecule has 0 heterocycles. The van der Waals surface area contributed by atoms with Crippen LogP contribution >= 0.6 is 12.6 Å². The fourth-order valence-electron chi connectivity index (χ4n) is 0.629. The summed E-state index contributed by atoms with van der Waals surface area (Å²) in [5.41, 5.74) is 0. The highest BCUT2D eigenvalue weighted by Crippen LogP contribution is 2.02. The molecule has 1 atom stereocenters. The minimum absolute atomic E-state index is 0.230. The van der Waals surface area contributed by atoms with Gasteiger partial charge in [0.1, 0.15) is 6.04 Å². The maximum atomic E-state index is 10.5. The highest BCUT2D eigenvalue weighted by atomic mass is 32.1. The zero-order valence-electron chi connectivity index (χ0n) is 6.10. The summed E-state index contributed by atoms with van der Waals surface area (Å²) in [7, 11) is 0. The van der Waals surface area contributed by atoms with Gasteiger partial charge >= 0.3 is 5.97 Å². The molecule has 0 aliphatic heterocycles. The molecule has 0 spiro atoms. The molecule has 0 saturated carbocycles. The lowest BCUT2D eigenvalue weighted by Crippen LogP contribution is -2.35. The molecule has 11 heavy (non-hydrogen) atoms. The van der Waals surface area contributed by atoms with E-state index < -0.39 is 12.0 Å². The topological polar surface area (TPSA) is 40.5 Å². The van der Waals surface area contributed by atoms with E-state index in [2.05, 4.69) is 25.8 Å². The van der Waals surface area contributed by atoms with Crippen molar-refractivity contribution >= 4 is 18.6 Å². The van der Waals surface area contributed by atoms with Gasteiger partial charge < -0.3 is 10.0 Å². The van der Waals surface area contributed by atoms with Gasteiger partial charge in [0, 0.05) is 5.75 Å². The van der Waals surface area contributed by atoms with E-state index in [1.54, 1.807) is 0 Å². The molecule has 0 aromatic heterocycles.